The molecule has 0 aliphatic heterocycles. The topological polar surface area (TPSA) is 74.8 Å². The van der Waals surface area contributed by atoms with Crippen molar-refractivity contribution < 1.29 is 8.42 Å². The molecule has 2 aromatic rings. The Morgan fingerprint density at radius 2 is 2.05 bits per heavy atom. The van der Waals surface area contributed by atoms with Crippen molar-refractivity contribution >= 4 is 16.1 Å². The average Bonchev–Trinajstić information content (AvgIpc) is 2.91. The Kier molecular flexibility index (Phi) is 4.13. The Morgan fingerprint density at radius 1 is 1.32 bits per heavy atom. The fourth-order valence-electron chi connectivity index (χ4n) is 1.58. The number of rotatable bonds is 5. The van der Waals surface area contributed by atoms with Crippen molar-refractivity contribution in [3.05, 3.63) is 59.3 Å². The summed E-state index contributed by atoms with van der Waals surface area (Å²) < 4.78 is 26.3. The first-order valence-corrected chi connectivity index (χ1v) is 7.35. The summed E-state index contributed by atoms with van der Waals surface area (Å²) in [6, 6.07) is 8.94. The van der Waals surface area contributed by atoms with Gasteiger partial charge < -0.3 is 0 Å². The number of sulfonamides is 1. The van der Waals surface area contributed by atoms with Crippen LogP contribution < -0.4 is 4.72 Å². The molecule has 0 aliphatic rings. The zero-order valence-electron chi connectivity index (χ0n) is 10.4. The fourth-order valence-corrected chi connectivity index (χ4v) is 2.63. The maximum absolute atomic E-state index is 11.9. The first kappa shape index (κ1) is 13.5. The van der Waals surface area contributed by atoms with Gasteiger partial charge in [0.15, 0.2) is 0 Å². The maximum atomic E-state index is 11.9. The second-order valence-corrected chi connectivity index (χ2v) is 5.73. The minimum absolute atomic E-state index is 0.329. The fraction of sp³-hybridized carbons (Fsp3) is 0.154. The van der Waals surface area contributed by atoms with Crippen LogP contribution in [-0.4, -0.2) is 18.6 Å². The number of nitrogens with one attached hydrogen (secondary N) is 2. The van der Waals surface area contributed by atoms with Crippen molar-refractivity contribution in [1.82, 2.24) is 14.9 Å². The van der Waals surface area contributed by atoms with Gasteiger partial charge in [-0.25, -0.2) is 13.1 Å². The molecule has 100 valence electrons. The smallest absolute Gasteiger partial charge is 0.234 e. The Morgan fingerprint density at radius 3 is 2.68 bits per heavy atom. The van der Waals surface area contributed by atoms with Gasteiger partial charge in [0.25, 0.3) is 0 Å². The molecule has 6 heteroatoms. The normalized spacial score (nSPS) is 13.7. The molecule has 19 heavy (non-hydrogen) atoms. The van der Waals surface area contributed by atoms with Crippen molar-refractivity contribution in [3.63, 3.8) is 0 Å². The van der Waals surface area contributed by atoms with Gasteiger partial charge in [0.1, 0.15) is 0 Å². The van der Waals surface area contributed by atoms with Crippen LogP contribution in [0.3, 0.4) is 0 Å². The zero-order chi connectivity index (χ0) is 13.7. The van der Waals surface area contributed by atoms with Gasteiger partial charge in [-0.2, -0.15) is 5.10 Å². The van der Waals surface area contributed by atoms with Crippen molar-refractivity contribution in [2.45, 2.75) is 13.0 Å². The predicted molar refractivity (Wildman–Crippen MR) is 74.5 cm³/mol. The second-order valence-electron chi connectivity index (χ2n) is 4.13. The molecule has 1 atom stereocenters. The van der Waals surface area contributed by atoms with Gasteiger partial charge in [0.2, 0.25) is 10.0 Å². The highest BCUT2D eigenvalue weighted by atomic mass is 32.2. The van der Waals surface area contributed by atoms with Crippen LogP contribution >= 0.6 is 0 Å². The van der Waals surface area contributed by atoms with E-state index in [0.717, 1.165) is 11.1 Å². The summed E-state index contributed by atoms with van der Waals surface area (Å²) in [5.74, 6) is 0. The first-order valence-electron chi connectivity index (χ1n) is 5.81. The highest BCUT2D eigenvalue weighted by Gasteiger charge is 2.13. The molecule has 1 aromatic heterocycles. The minimum atomic E-state index is -3.48. The van der Waals surface area contributed by atoms with Crippen LogP contribution in [0.2, 0.25) is 0 Å². The van der Waals surface area contributed by atoms with Gasteiger partial charge in [-0.05, 0) is 18.6 Å². The van der Waals surface area contributed by atoms with Gasteiger partial charge in [0.05, 0.1) is 6.20 Å². The van der Waals surface area contributed by atoms with Gasteiger partial charge in [-0.3, -0.25) is 5.10 Å². The number of aromatic amines is 1. The van der Waals surface area contributed by atoms with Crippen molar-refractivity contribution in [3.8, 4) is 0 Å². The van der Waals surface area contributed by atoms with Crippen LogP contribution in [0.4, 0.5) is 0 Å². The molecule has 0 spiro atoms. The monoisotopic (exact) mass is 277 g/mol. The number of hydrogen-bond acceptors (Lipinski definition) is 3. The van der Waals surface area contributed by atoms with Gasteiger partial charge >= 0.3 is 0 Å². The average molecular weight is 277 g/mol. The van der Waals surface area contributed by atoms with Crippen LogP contribution in [0.5, 0.6) is 0 Å². The standard InChI is InChI=1S/C13H15N3O2S/c1-11(13-9-14-15-10-13)16-19(17,18)8-7-12-5-3-2-4-6-12/h2-11,16H,1H3,(H,14,15)/b8-7+. The molecule has 1 unspecified atom stereocenters. The molecule has 5 nitrogen and oxygen atoms in total. The predicted octanol–water partition coefficient (Wildman–Crippen LogP) is 2.06. The molecule has 0 amide bonds. The maximum Gasteiger partial charge on any atom is 0.234 e. The van der Waals surface area contributed by atoms with E-state index in [9.17, 15) is 8.42 Å². The van der Waals surface area contributed by atoms with Crippen LogP contribution in [-0.2, 0) is 10.0 Å². The number of benzene rings is 1. The number of aromatic nitrogens is 2. The first-order chi connectivity index (χ1) is 9.07. The second kappa shape index (κ2) is 5.81. The summed E-state index contributed by atoms with van der Waals surface area (Å²) in [6.45, 7) is 1.76. The quantitative estimate of drug-likeness (QED) is 0.878. The lowest BCUT2D eigenvalue weighted by Crippen LogP contribution is -2.24. The van der Waals surface area contributed by atoms with Gasteiger partial charge in [-0.15, -0.1) is 0 Å². The largest absolute Gasteiger partial charge is 0.285 e. The molecule has 2 N–H and O–H groups in total. The lowest BCUT2D eigenvalue weighted by Gasteiger charge is -2.09. The molecular formula is C13H15N3O2S. The van der Waals surface area contributed by atoms with Gasteiger partial charge in [-0.1, -0.05) is 30.3 Å². The molecule has 0 radical (unpaired) electrons. The van der Waals surface area contributed by atoms with E-state index in [2.05, 4.69) is 14.9 Å². The van der Waals surface area contributed by atoms with Gasteiger partial charge in [0, 0.05) is 23.2 Å². The van der Waals surface area contributed by atoms with E-state index in [4.69, 9.17) is 0 Å². The molecule has 2 rings (SSSR count). The lowest BCUT2D eigenvalue weighted by atomic mass is 10.2. The molecule has 0 fully saturated rings. The number of hydrogen-bond donors (Lipinski definition) is 2. The molecule has 1 heterocycles. The molecule has 0 bridgehead atoms. The Hall–Kier alpha value is -1.92. The van der Waals surface area contributed by atoms with Crippen LogP contribution in [0, 0.1) is 0 Å². The van der Waals surface area contributed by atoms with E-state index >= 15 is 0 Å². The lowest BCUT2D eigenvalue weighted by molar-refractivity contribution is 0.576. The molecule has 1 aromatic carbocycles. The third-order valence-electron chi connectivity index (χ3n) is 2.60. The van der Waals surface area contributed by atoms with E-state index in [1.54, 1.807) is 25.4 Å². The van der Waals surface area contributed by atoms with E-state index in [1.807, 2.05) is 30.3 Å². The summed E-state index contributed by atoms with van der Waals surface area (Å²) in [4.78, 5) is 0. The minimum Gasteiger partial charge on any atom is -0.285 e. The highest BCUT2D eigenvalue weighted by Crippen LogP contribution is 2.11. The Balaban J connectivity index is 2.05. The summed E-state index contributed by atoms with van der Waals surface area (Å²) in [5.41, 5.74) is 1.63. The van der Waals surface area contributed by atoms with E-state index < -0.39 is 10.0 Å². The van der Waals surface area contributed by atoms with Crippen molar-refractivity contribution in [2.24, 2.45) is 0 Å². The van der Waals surface area contributed by atoms with Crippen molar-refractivity contribution in [2.75, 3.05) is 0 Å². The van der Waals surface area contributed by atoms with E-state index in [-0.39, 0.29) is 6.04 Å². The molecular weight excluding hydrogens is 262 g/mol. The number of H-pyrrole nitrogens is 1. The molecule has 0 saturated heterocycles. The SMILES string of the molecule is CC(NS(=O)(=O)/C=C/c1ccccc1)c1cn[nH]c1. The van der Waals surface area contributed by atoms with Crippen LogP contribution in [0.1, 0.15) is 24.1 Å². The number of nitrogens with zero attached hydrogens (tertiary/aromatic N) is 1. The van der Waals surface area contributed by atoms with Crippen LogP contribution in [0.25, 0.3) is 6.08 Å². The summed E-state index contributed by atoms with van der Waals surface area (Å²) in [6.07, 6.45) is 4.81. The summed E-state index contributed by atoms with van der Waals surface area (Å²) in [7, 11) is -3.48. The molecule has 0 saturated carbocycles. The highest BCUT2D eigenvalue weighted by molar-refractivity contribution is 7.92. The Labute approximate surface area is 112 Å². The molecule has 0 aliphatic carbocycles. The van der Waals surface area contributed by atoms with E-state index in [0.29, 0.717) is 0 Å². The zero-order valence-corrected chi connectivity index (χ0v) is 11.3. The third-order valence-corrected chi connectivity index (χ3v) is 3.78. The summed E-state index contributed by atoms with van der Waals surface area (Å²) >= 11 is 0. The van der Waals surface area contributed by atoms with E-state index in [1.165, 1.54) is 5.41 Å². The summed E-state index contributed by atoms with van der Waals surface area (Å²) in [5, 5.41) is 7.61. The Bertz CT molecular complexity index is 634. The van der Waals surface area contributed by atoms with Crippen molar-refractivity contribution in [1.29, 1.82) is 0 Å². The van der Waals surface area contributed by atoms with Crippen LogP contribution in [0.15, 0.2) is 48.1 Å². The third kappa shape index (κ3) is 4.04.